The monoisotopic (exact) mass is 420 g/mol. The third kappa shape index (κ3) is 5.47. The summed E-state index contributed by atoms with van der Waals surface area (Å²) >= 11 is 0. The highest BCUT2D eigenvalue weighted by Crippen LogP contribution is 2.28. The highest BCUT2D eigenvalue weighted by atomic mass is 32.2. The van der Waals surface area contributed by atoms with Crippen molar-refractivity contribution in [3.63, 3.8) is 0 Å². The number of amides is 1. The Morgan fingerprint density at radius 2 is 1.86 bits per heavy atom. The molecule has 0 saturated heterocycles. The fraction of sp³-hybridized carbons (Fsp3) is 0.429. The lowest BCUT2D eigenvalue weighted by atomic mass is 10.1. The zero-order valence-electron chi connectivity index (χ0n) is 17.7. The SMILES string of the molecule is CCC(C)Oc1cc(S(C)(=O)=O)cc(C(=O)NCc2c(C)cc(C)[nH]c2=O)c1C. The summed E-state index contributed by atoms with van der Waals surface area (Å²) in [7, 11) is -3.54. The average molecular weight is 421 g/mol. The molecule has 0 spiro atoms. The molecule has 1 aromatic heterocycles. The molecule has 2 N–H and O–H groups in total. The Labute approximate surface area is 171 Å². The number of ether oxygens (including phenoxy) is 1. The summed E-state index contributed by atoms with van der Waals surface area (Å²) in [5.74, 6) is -0.113. The van der Waals surface area contributed by atoms with Crippen molar-refractivity contribution in [3.05, 3.63) is 56.5 Å². The standard InChI is InChI=1S/C21H28N2O5S/c1-7-14(4)28-19-10-16(29(6,26)27)9-17(15(19)5)20(24)22-11-18-12(2)8-13(3)23-21(18)25/h8-10,14H,7,11H2,1-6H3,(H,22,24)(H,23,25). The van der Waals surface area contributed by atoms with Gasteiger partial charge in [0.15, 0.2) is 9.84 Å². The van der Waals surface area contributed by atoms with Gasteiger partial charge in [-0.3, -0.25) is 9.59 Å². The van der Waals surface area contributed by atoms with Gasteiger partial charge in [0.05, 0.1) is 11.0 Å². The molecule has 0 bridgehead atoms. The van der Waals surface area contributed by atoms with Crippen LogP contribution in [0.5, 0.6) is 5.75 Å². The Morgan fingerprint density at radius 3 is 2.41 bits per heavy atom. The third-order valence-corrected chi connectivity index (χ3v) is 5.92. The van der Waals surface area contributed by atoms with Gasteiger partial charge in [0.2, 0.25) is 0 Å². The van der Waals surface area contributed by atoms with Gasteiger partial charge in [-0.15, -0.1) is 0 Å². The van der Waals surface area contributed by atoms with E-state index in [2.05, 4.69) is 10.3 Å². The quantitative estimate of drug-likeness (QED) is 0.717. The maximum atomic E-state index is 12.8. The van der Waals surface area contributed by atoms with E-state index >= 15 is 0 Å². The molecule has 0 radical (unpaired) electrons. The maximum Gasteiger partial charge on any atom is 0.253 e. The molecule has 1 heterocycles. The minimum Gasteiger partial charge on any atom is -0.490 e. The van der Waals surface area contributed by atoms with Gasteiger partial charge >= 0.3 is 0 Å². The molecule has 158 valence electrons. The normalized spacial score (nSPS) is 12.5. The summed E-state index contributed by atoms with van der Waals surface area (Å²) in [6.45, 7) is 9.16. The van der Waals surface area contributed by atoms with Crippen molar-refractivity contribution in [2.45, 2.75) is 58.6 Å². The summed E-state index contributed by atoms with van der Waals surface area (Å²) < 4.78 is 30.0. The Morgan fingerprint density at radius 1 is 1.21 bits per heavy atom. The van der Waals surface area contributed by atoms with Crippen LogP contribution < -0.4 is 15.6 Å². The van der Waals surface area contributed by atoms with E-state index in [0.717, 1.165) is 23.9 Å². The lowest BCUT2D eigenvalue weighted by Crippen LogP contribution is -2.28. The van der Waals surface area contributed by atoms with Crippen molar-refractivity contribution in [1.82, 2.24) is 10.3 Å². The summed E-state index contributed by atoms with van der Waals surface area (Å²) in [5, 5.41) is 2.72. The number of sulfone groups is 1. The molecule has 29 heavy (non-hydrogen) atoms. The molecular formula is C21H28N2O5S. The number of pyridine rings is 1. The van der Waals surface area contributed by atoms with Gasteiger partial charge < -0.3 is 15.0 Å². The molecule has 8 heteroatoms. The molecule has 7 nitrogen and oxygen atoms in total. The van der Waals surface area contributed by atoms with E-state index in [4.69, 9.17) is 4.74 Å². The lowest BCUT2D eigenvalue weighted by molar-refractivity contribution is 0.0949. The Kier molecular flexibility index (Phi) is 6.89. The first-order valence-electron chi connectivity index (χ1n) is 9.43. The first-order valence-corrected chi connectivity index (χ1v) is 11.3. The second-order valence-corrected chi connectivity index (χ2v) is 9.34. The van der Waals surface area contributed by atoms with Crippen LogP contribution in [-0.2, 0) is 16.4 Å². The van der Waals surface area contributed by atoms with Gasteiger partial charge in [0, 0.05) is 35.2 Å². The van der Waals surface area contributed by atoms with Crippen molar-refractivity contribution in [3.8, 4) is 5.75 Å². The van der Waals surface area contributed by atoms with Crippen molar-refractivity contribution >= 4 is 15.7 Å². The molecule has 0 fully saturated rings. The van der Waals surface area contributed by atoms with Crippen LogP contribution in [0.2, 0.25) is 0 Å². The van der Waals surface area contributed by atoms with Crippen molar-refractivity contribution in [2.75, 3.05) is 6.26 Å². The van der Waals surface area contributed by atoms with Gasteiger partial charge in [-0.1, -0.05) is 6.92 Å². The number of hydrogen-bond donors (Lipinski definition) is 2. The van der Waals surface area contributed by atoms with Gasteiger partial charge in [-0.2, -0.15) is 0 Å². The van der Waals surface area contributed by atoms with Crippen LogP contribution >= 0.6 is 0 Å². The number of carbonyl (C=O) groups is 1. The Bertz CT molecular complexity index is 1090. The molecule has 2 aromatic rings. The average Bonchev–Trinajstić information content (AvgIpc) is 2.61. The van der Waals surface area contributed by atoms with Crippen LogP contribution in [0.3, 0.4) is 0 Å². The summed E-state index contributed by atoms with van der Waals surface area (Å²) in [6, 6.07) is 4.62. The topological polar surface area (TPSA) is 105 Å². The van der Waals surface area contributed by atoms with E-state index in [1.165, 1.54) is 12.1 Å². The van der Waals surface area contributed by atoms with E-state index < -0.39 is 15.7 Å². The number of aromatic nitrogens is 1. The largest absolute Gasteiger partial charge is 0.490 e. The summed E-state index contributed by atoms with van der Waals surface area (Å²) in [6.07, 6.45) is 1.69. The highest BCUT2D eigenvalue weighted by Gasteiger charge is 2.20. The molecule has 1 amide bonds. The van der Waals surface area contributed by atoms with Crippen molar-refractivity contribution in [1.29, 1.82) is 0 Å². The fourth-order valence-corrected chi connectivity index (χ4v) is 3.55. The molecule has 0 aliphatic carbocycles. The van der Waals surface area contributed by atoms with Gasteiger partial charge in [-0.25, -0.2) is 8.42 Å². The molecule has 2 rings (SSSR count). The predicted octanol–water partition coefficient (Wildman–Crippen LogP) is 2.81. The molecule has 0 aliphatic rings. The van der Waals surface area contributed by atoms with E-state index in [0.29, 0.717) is 16.9 Å². The smallest absolute Gasteiger partial charge is 0.253 e. The maximum absolute atomic E-state index is 12.8. The predicted molar refractivity (Wildman–Crippen MR) is 112 cm³/mol. The van der Waals surface area contributed by atoms with E-state index in [1.54, 1.807) is 20.8 Å². The number of H-pyrrole nitrogens is 1. The first-order chi connectivity index (χ1) is 13.4. The molecule has 1 atom stereocenters. The second kappa shape index (κ2) is 8.82. The van der Waals surface area contributed by atoms with Crippen molar-refractivity contribution in [2.24, 2.45) is 0 Å². The van der Waals surface area contributed by atoms with E-state index in [-0.39, 0.29) is 28.7 Å². The third-order valence-electron chi connectivity index (χ3n) is 4.83. The Balaban J connectivity index is 2.40. The van der Waals surface area contributed by atoms with Gasteiger partial charge in [0.1, 0.15) is 5.75 Å². The first kappa shape index (κ1) is 22.7. The minimum absolute atomic E-state index is 0.0101. The highest BCUT2D eigenvalue weighted by molar-refractivity contribution is 7.90. The summed E-state index contributed by atoms with van der Waals surface area (Å²) in [5.41, 5.74) is 2.46. The van der Waals surface area contributed by atoms with Gasteiger partial charge in [0.25, 0.3) is 11.5 Å². The van der Waals surface area contributed by atoms with Crippen LogP contribution in [-0.4, -0.2) is 31.7 Å². The van der Waals surface area contributed by atoms with Crippen LogP contribution in [0.25, 0.3) is 0 Å². The van der Waals surface area contributed by atoms with Crippen LogP contribution in [0.1, 0.15) is 53.0 Å². The molecule has 0 saturated carbocycles. The van der Waals surface area contributed by atoms with Crippen LogP contribution in [0, 0.1) is 20.8 Å². The second-order valence-electron chi connectivity index (χ2n) is 7.33. The number of carbonyl (C=O) groups excluding carboxylic acids is 1. The minimum atomic E-state index is -3.54. The number of aryl methyl sites for hydroxylation is 2. The number of rotatable bonds is 7. The number of hydrogen-bond acceptors (Lipinski definition) is 5. The molecule has 1 aromatic carbocycles. The number of aromatic amines is 1. The van der Waals surface area contributed by atoms with Crippen LogP contribution in [0.4, 0.5) is 0 Å². The summed E-state index contributed by atoms with van der Waals surface area (Å²) in [4.78, 5) is 27.7. The van der Waals surface area contributed by atoms with Crippen LogP contribution in [0.15, 0.2) is 27.9 Å². The van der Waals surface area contributed by atoms with Crippen molar-refractivity contribution < 1.29 is 17.9 Å². The zero-order chi connectivity index (χ0) is 21.9. The number of benzene rings is 1. The number of nitrogens with one attached hydrogen (secondary N) is 2. The molecule has 1 unspecified atom stereocenters. The Hall–Kier alpha value is -2.61. The van der Waals surface area contributed by atoms with Gasteiger partial charge in [-0.05, 0) is 57.9 Å². The molecular weight excluding hydrogens is 392 g/mol. The molecule has 0 aliphatic heterocycles. The zero-order valence-corrected chi connectivity index (χ0v) is 18.5. The fourth-order valence-electron chi connectivity index (χ4n) is 2.90. The lowest BCUT2D eigenvalue weighted by Gasteiger charge is -2.18. The van der Waals surface area contributed by atoms with E-state index in [1.807, 2.05) is 19.9 Å². The van der Waals surface area contributed by atoms with E-state index in [9.17, 15) is 18.0 Å².